The molecule has 3 nitrogen and oxygen atoms in total. The SMILES string of the molecule is CC1(O)CCCN(CC2(CC#N)CC2)CC1. The molecule has 1 saturated heterocycles. The summed E-state index contributed by atoms with van der Waals surface area (Å²) in [5.41, 5.74) is -0.161. The van der Waals surface area contributed by atoms with Crippen LogP contribution in [-0.2, 0) is 0 Å². The highest BCUT2D eigenvalue weighted by Gasteiger charge is 2.43. The second-order valence-electron chi connectivity index (χ2n) is 5.96. The minimum Gasteiger partial charge on any atom is -0.390 e. The molecule has 1 aliphatic heterocycles. The van der Waals surface area contributed by atoms with Gasteiger partial charge in [0.1, 0.15) is 0 Å². The lowest BCUT2D eigenvalue weighted by Gasteiger charge is -2.25. The number of nitrogens with zero attached hydrogens (tertiary/aromatic N) is 2. The largest absolute Gasteiger partial charge is 0.390 e. The van der Waals surface area contributed by atoms with Crippen LogP contribution in [0.4, 0.5) is 0 Å². The Labute approximate surface area is 98.1 Å². The van der Waals surface area contributed by atoms with Crippen molar-refractivity contribution in [1.82, 2.24) is 4.90 Å². The Bertz CT molecular complexity index is 289. The Hall–Kier alpha value is -0.590. The first-order valence-corrected chi connectivity index (χ1v) is 6.37. The lowest BCUT2D eigenvalue weighted by atomic mass is 9.98. The molecule has 1 N–H and O–H groups in total. The van der Waals surface area contributed by atoms with Gasteiger partial charge in [-0.2, -0.15) is 5.26 Å². The zero-order chi connectivity index (χ0) is 11.6. The van der Waals surface area contributed by atoms with Gasteiger partial charge >= 0.3 is 0 Å². The summed E-state index contributed by atoms with van der Waals surface area (Å²) in [5.74, 6) is 0. The summed E-state index contributed by atoms with van der Waals surface area (Å²) in [6.45, 7) is 5.08. The van der Waals surface area contributed by atoms with Crippen LogP contribution in [0.1, 0.15) is 45.4 Å². The van der Waals surface area contributed by atoms with Gasteiger partial charge in [-0.15, -0.1) is 0 Å². The summed E-state index contributed by atoms with van der Waals surface area (Å²) >= 11 is 0. The second-order valence-corrected chi connectivity index (χ2v) is 5.96. The molecule has 2 aliphatic rings. The minimum absolute atomic E-state index is 0.310. The van der Waals surface area contributed by atoms with E-state index in [4.69, 9.17) is 5.26 Å². The fourth-order valence-electron chi connectivity index (χ4n) is 2.69. The van der Waals surface area contributed by atoms with Crippen LogP contribution in [0, 0.1) is 16.7 Å². The molecule has 1 saturated carbocycles. The van der Waals surface area contributed by atoms with Gasteiger partial charge in [-0.25, -0.2) is 0 Å². The van der Waals surface area contributed by atoms with E-state index in [0.717, 1.165) is 38.9 Å². The molecule has 2 rings (SSSR count). The highest BCUT2D eigenvalue weighted by Crippen LogP contribution is 2.49. The minimum atomic E-state index is -0.472. The highest BCUT2D eigenvalue weighted by atomic mass is 16.3. The van der Waals surface area contributed by atoms with E-state index in [-0.39, 0.29) is 0 Å². The van der Waals surface area contributed by atoms with Gasteiger partial charge < -0.3 is 10.0 Å². The molecule has 16 heavy (non-hydrogen) atoms. The van der Waals surface area contributed by atoms with Crippen LogP contribution in [-0.4, -0.2) is 35.2 Å². The third-order valence-electron chi connectivity index (χ3n) is 4.13. The lowest BCUT2D eigenvalue weighted by Crippen LogP contribution is -2.33. The molecule has 0 aromatic carbocycles. The van der Waals surface area contributed by atoms with Crippen LogP contribution in [0.2, 0.25) is 0 Å². The van der Waals surface area contributed by atoms with Gasteiger partial charge in [-0.3, -0.25) is 0 Å². The van der Waals surface area contributed by atoms with Crippen molar-refractivity contribution in [3.63, 3.8) is 0 Å². The van der Waals surface area contributed by atoms with Crippen molar-refractivity contribution in [2.45, 2.75) is 51.0 Å². The third kappa shape index (κ3) is 2.96. The van der Waals surface area contributed by atoms with Gasteiger partial charge in [0.25, 0.3) is 0 Å². The highest BCUT2D eigenvalue weighted by molar-refractivity contribution is 5.01. The number of aliphatic hydroxyl groups is 1. The van der Waals surface area contributed by atoms with Gasteiger partial charge in [0.05, 0.1) is 11.7 Å². The Morgan fingerprint density at radius 2 is 2.00 bits per heavy atom. The van der Waals surface area contributed by atoms with Crippen LogP contribution >= 0.6 is 0 Å². The van der Waals surface area contributed by atoms with Crippen LogP contribution < -0.4 is 0 Å². The zero-order valence-electron chi connectivity index (χ0n) is 10.2. The van der Waals surface area contributed by atoms with Crippen LogP contribution in [0.3, 0.4) is 0 Å². The maximum atomic E-state index is 10.0. The van der Waals surface area contributed by atoms with E-state index in [2.05, 4.69) is 11.0 Å². The number of nitriles is 1. The number of hydrogen-bond acceptors (Lipinski definition) is 3. The Morgan fingerprint density at radius 1 is 1.25 bits per heavy atom. The maximum absolute atomic E-state index is 10.0. The molecule has 90 valence electrons. The lowest BCUT2D eigenvalue weighted by molar-refractivity contribution is 0.0440. The van der Waals surface area contributed by atoms with Crippen molar-refractivity contribution in [3.8, 4) is 6.07 Å². The molecular weight excluding hydrogens is 200 g/mol. The first kappa shape index (κ1) is 11.9. The molecular formula is C13H22N2O. The van der Waals surface area contributed by atoms with Gasteiger partial charge in [-0.05, 0) is 51.0 Å². The predicted octanol–water partition coefficient (Wildman–Crippen LogP) is 1.92. The van der Waals surface area contributed by atoms with E-state index in [1.54, 1.807) is 0 Å². The summed E-state index contributed by atoms with van der Waals surface area (Å²) in [7, 11) is 0. The second kappa shape index (κ2) is 4.35. The first-order valence-electron chi connectivity index (χ1n) is 6.37. The Kier molecular flexibility index (Phi) is 3.23. The average Bonchev–Trinajstić information content (AvgIpc) is 2.96. The molecule has 3 heteroatoms. The first-order chi connectivity index (χ1) is 7.55. The average molecular weight is 222 g/mol. The van der Waals surface area contributed by atoms with Crippen molar-refractivity contribution in [1.29, 1.82) is 5.26 Å². The number of hydrogen-bond donors (Lipinski definition) is 1. The third-order valence-corrected chi connectivity index (χ3v) is 4.13. The molecule has 0 spiro atoms. The number of rotatable bonds is 3. The Morgan fingerprint density at radius 3 is 2.62 bits per heavy atom. The quantitative estimate of drug-likeness (QED) is 0.793. The number of likely N-dealkylation sites (tertiary alicyclic amines) is 1. The van der Waals surface area contributed by atoms with Crippen LogP contribution in [0.15, 0.2) is 0 Å². The van der Waals surface area contributed by atoms with Crippen molar-refractivity contribution < 1.29 is 5.11 Å². The summed E-state index contributed by atoms with van der Waals surface area (Å²) in [4.78, 5) is 2.45. The molecule has 1 heterocycles. The van der Waals surface area contributed by atoms with Gasteiger partial charge in [-0.1, -0.05) is 0 Å². The fraction of sp³-hybridized carbons (Fsp3) is 0.923. The van der Waals surface area contributed by atoms with Crippen molar-refractivity contribution >= 4 is 0 Å². The van der Waals surface area contributed by atoms with E-state index in [1.165, 1.54) is 12.8 Å². The van der Waals surface area contributed by atoms with Crippen molar-refractivity contribution in [2.75, 3.05) is 19.6 Å². The molecule has 0 aromatic rings. The maximum Gasteiger partial charge on any atom is 0.0632 e. The molecule has 1 atom stereocenters. The predicted molar refractivity (Wildman–Crippen MR) is 62.8 cm³/mol. The molecule has 1 unspecified atom stereocenters. The summed E-state index contributed by atoms with van der Waals surface area (Å²) in [5, 5.41) is 18.8. The smallest absolute Gasteiger partial charge is 0.0632 e. The Balaban J connectivity index is 1.85. The molecule has 1 aliphatic carbocycles. The van der Waals surface area contributed by atoms with Crippen LogP contribution in [0.5, 0.6) is 0 Å². The topological polar surface area (TPSA) is 47.3 Å². The fourth-order valence-corrected chi connectivity index (χ4v) is 2.69. The standard InChI is InChI=1S/C13H22N2O/c1-12(16)3-2-9-15(10-7-12)11-13(4-5-13)6-8-14/h16H,2-7,9-11H2,1H3. The summed E-state index contributed by atoms with van der Waals surface area (Å²) < 4.78 is 0. The van der Waals surface area contributed by atoms with Crippen molar-refractivity contribution in [3.05, 3.63) is 0 Å². The van der Waals surface area contributed by atoms with E-state index in [1.807, 2.05) is 6.92 Å². The monoisotopic (exact) mass is 222 g/mol. The summed E-state index contributed by atoms with van der Waals surface area (Å²) in [6, 6.07) is 2.32. The molecule has 2 fully saturated rings. The molecule has 0 amide bonds. The van der Waals surface area contributed by atoms with Gasteiger partial charge in [0.2, 0.25) is 0 Å². The van der Waals surface area contributed by atoms with E-state index < -0.39 is 5.60 Å². The molecule has 0 radical (unpaired) electrons. The van der Waals surface area contributed by atoms with Crippen molar-refractivity contribution in [2.24, 2.45) is 5.41 Å². The van der Waals surface area contributed by atoms with Gasteiger partial charge in [0, 0.05) is 19.5 Å². The summed E-state index contributed by atoms with van der Waals surface area (Å²) in [6.07, 6.45) is 6.00. The van der Waals surface area contributed by atoms with E-state index >= 15 is 0 Å². The van der Waals surface area contributed by atoms with E-state index in [0.29, 0.717) is 11.8 Å². The molecule has 0 aromatic heterocycles. The zero-order valence-corrected chi connectivity index (χ0v) is 10.2. The van der Waals surface area contributed by atoms with Gasteiger partial charge in [0.15, 0.2) is 0 Å². The van der Waals surface area contributed by atoms with E-state index in [9.17, 15) is 5.11 Å². The normalized spacial score (nSPS) is 34.1. The van der Waals surface area contributed by atoms with Crippen LogP contribution in [0.25, 0.3) is 0 Å². The molecule has 0 bridgehead atoms.